The number of anilines is 2. The van der Waals surface area contributed by atoms with Crippen LogP contribution in [0.5, 0.6) is 11.5 Å². The summed E-state index contributed by atoms with van der Waals surface area (Å²) in [6.45, 7) is 5.56. The number of rotatable bonds is 8. The molecule has 0 amide bonds. The summed E-state index contributed by atoms with van der Waals surface area (Å²) in [6, 6.07) is 7.96. The zero-order valence-corrected chi connectivity index (χ0v) is 19.2. The smallest absolute Gasteiger partial charge is 0.162 e. The molecule has 3 heterocycles. The minimum Gasteiger partial charge on any atom is -0.493 e. The summed E-state index contributed by atoms with van der Waals surface area (Å²) in [5, 5.41) is 4.14. The average molecular weight is 473 g/mol. The third-order valence-electron chi connectivity index (χ3n) is 6.31. The lowest BCUT2D eigenvalue weighted by atomic mass is 9.85. The first-order valence-electron chi connectivity index (χ1n) is 11.0. The molecule has 2 aliphatic heterocycles. The Bertz CT molecular complexity index is 1160. The number of ether oxygens (including phenoxy) is 3. The molecule has 0 bridgehead atoms. The number of benzene rings is 2. The number of nitrogens with one attached hydrogen (secondary N) is 1. The van der Waals surface area contributed by atoms with E-state index >= 15 is 0 Å². The van der Waals surface area contributed by atoms with Crippen LogP contribution in [0.15, 0.2) is 36.7 Å². The fourth-order valence-electron chi connectivity index (χ4n) is 4.47. The summed E-state index contributed by atoms with van der Waals surface area (Å²) in [5.41, 5.74) is 1.29. The normalized spacial score (nSPS) is 17.3. The molecule has 0 saturated carbocycles. The van der Waals surface area contributed by atoms with Crippen molar-refractivity contribution in [1.29, 1.82) is 0 Å². The maximum absolute atomic E-state index is 14.2. The molecule has 1 N–H and O–H groups in total. The van der Waals surface area contributed by atoms with Gasteiger partial charge in [0.25, 0.3) is 0 Å². The molecule has 0 radical (unpaired) electrons. The summed E-state index contributed by atoms with van der Waals surface area (Å²) < 4.78 is 31.2. The number of fused-ring (bicyclic) bond motifs is 1. The molecule has 0 unspecified atom stereocenters. The summed E-state index contributed by atoms with van der Waals surface area (Å²) in [6.07, 6.45) is 3.54. The number of hydrogen-bond acceptors (Lipinski definition) is 7. The highest BCUT2D eigenvalue weighted by Crippen LogP contribution is 2.38. The van der Waals surface area contributed by atoms with Crippen LogP contribution in [0.3, 0.4) is 0 Å². The molecule has 1 spiro atoms. The van der Waals surface area contributed by atoms with Gasteiger partial charge in [-0.05, 0) is 43.7 Å². The topological polar surface area (TPSA) is 68.7 Å². The largest absolute Gasteiger partial charge is 0.493 e. The van der Waals surface area contributed by atoms with Crippen LogP contribution >= 0.6 is 11.6 Å². The summed E-state index contributed by atoms with van der Waals surface area (Å²) in [7, 11) is 1.60. The lowest BCUT2D eigenvalue weighted by Crippen LogP contribution is -2.44. The molecule has 0 atom stereocenters. The highest BCUT2D eigenvalue weighted by atomic mass is 35.5. The van der Waals surface area contributed by atoms with Gasteiger partial charge < -0.3 is 24.4 Å². The van der Waals surface area contributed by atoms with Crippen LogP contribution in [0.25, 0.3) is 10.9 Å². The van der Waals surface area contributed by atoms with Crippen molar-refractivity contribution < 1.29 is 18.6 Å². The van der Waals surface area contributed by atoms with Gasteiger partial charge in [-0.15, -0.1) is 0 Å². The van der Waals surface area contributed by atoms with E-state index in [9.17, 15) is 4.39 Å². The van der Waals surface area contributed by atoms with Gasteiger partial charge in [0.2, 0.25) is 0 Å². The third-order valence-corrected chi connectivity index (χ3v) is 6.55. The number of likely N-dealkylation sites (tertiary alicyclic amines) is 1. The number of nitrogens with zero attached hydrogens (tertiary/aromatic N) is 3. The Kier molecular flexibility index (Phi) is 6.23. The molecule has 3 aromatic rings. The van der Waals surface area contributed by atoms with E-state index in [1.807, 2.05) is 6.07 Å². The predicted octanol–water partition coefficient (Wildman–Crippen LogP) is 4.67. The first-order chi connectivity index (χ1) is 16.0. The van der Waals surface area contributed by atoms with Crippen molar-refractivity contribution in [2.75, 3.05) is 51.9 Å². The minimum atomic E-state index is -0.423. The quantitative estimate of drug-likeness (QED) is 0.478. The molecule has 2 saturated heterocycles. The van der Waals surface area contributed by atoms with Crippen molar-refractivity contribution in [2.45, 2.75) is 12.8 Å². The second kappa shape index (κ2) is 9.29. The highest BCUT2D eigenvalue weighted by Gasteiger charge is 2.43. The molecule has 2 aliphatic rings. The lowest BCUT2D eigenvalue weighted by Gasteiger charge is -2.37. The van der Waals surface area contributed by atoms with Gasteiger partial charge in [-0.25, -0.2) is 14.4 Å². The van der Waals surface area contributed by atoms with Crippen LogP contribution in [0.1, 0.15) is 12.8 Å². The fourth-order valence-corrected chi connectivity index (χ4v) is 4.64. The fraction of sp³-hybridized carbons (Fsp3) is 0.417. The van der Waals surface area contributed by atoms with E-state index in [0.717, 1.165) is 39.3 Å². The van der Waals surface area contributed by atoms with Crippen LogP contribution in [0.2, 0.25) is 5.02 Å². The molecule has 33 heavy (non-hydrogen) atoms. The Morgan fingerprint density at radius 2 is 2.09 bits per heavy atom. The zero-order valence-electron chi connectivity index (χ0n) is 18.4. The molecule has 2 fully saturated rings. The van der Waals surface area contributed by atoms with Crippen molar-refractivity contribution in [3.8, 4) is 11.5 Å². The van der Waals surface area contributed by atoms with Crippen molar-refractivity contribution in [3.63, 3.8) is 0 Å². The molecular weight excluding hydrogens is 447 g/mol. The lowest BCUT2D eigenvalue weighted by molar-refractivity contribution is -0.105. The molecule has 0 aliphatic carbocycles. The van der Waals surface area contributed by atoms with E-state index in [0.29, 0.717) is 45.3 Å². The van der Waals surface area contributed by atoms with Crippen molar-refractivity contribution in [2.24, 2.45) is 5.41 Å². The van der Waals surface area contributed by atoms with Crippen molar-refractivity contribution in [3.05, 3.63) is 47.5 Å². The summed E-state index contributed by atoms with van der Waals surface area (Å²) >= 11 is 6.03. The monoisotopic (exact) mass is 472 g/mol. The Labute approximate surface area is 196 Å². The SMILES string of the molecule is COc1cc2ncnc(Nc3cc(Cl)ccc3F)c2cc1OCCCN1CCC2(COC2)C1. The van der Waals surface area contributed by atoms with Crippen LogP contribution in [-0.4, -0.2) is 61.4 Å². The molecule has 7 nitrogen and oxygen atoms in total. The number of methoxy groups -OCH3 is 1. The van der Waals surface area contributed by atoms with E-state index in [-0.39, 0.29) is 5.69 Å². The van der Waals surface area contributed by atoms with Gasteiger partial charge in [0.15, 0.2) is 11.5 Å². The number of aromatic nitrogens is 2. The average Bonchev–Trinajstić information content (AvgIpc) is 3.24. The van der Waals surface area contributed by atoms with Gasteiger partial charge in [0, 0.05) is 35.0 Å². The van der Waals surface area contributed by atoms with E-state index in [1.165, 1.54) is 30.9 Å². The minimum absolute atomic E-state index is 0.237. The zero-order chi connectivity index (χ0) is 22.8. The van der Waals surface area contributed by atoms with Crippen LogP contribution in [0, 0.1) is 11.2 Å². The first-order valence-corrected chi connectivity index (χ1v) is 11.4. The summed E-state index contributed by atoms with van der Waals surface area (Å²) in [4.78, 5) is 11.1. The van der Waals surface area contributed by atoms with Gasteiger partial charge in [0.05, 0.1) is 38.1 Å². The molecule has 2 aromatic carbocycles. The highest BCUT2D eigenvalue weighted by molar-refractivity contribution is 6.30. The van der Waals surface area contributed by atoms with Gasteiger partial charge in [-0.1, -0.05) is 11.6 Å². The Morgan fingerprint density at radius 1 is 1.21 bits per heavy atom. The predicted molar refractivity (Wildman–Crippen MR) is 125 cm³/mol. The first kappa shape index (κ1) is 22.1. The standard InChI is InChI=1S/C24H26ClFN4O3/c1-31-21-11-19-17(23(28-15-27-19)29-20-9-16(25)3-4-18(20)26)10-22(21)33-8-2-6-30-7-5-24(12-30)13-32-14-24/h3-4,9-11,15H,2,5-8,12-14H2,1H3,(H,27,28,29). The Balaban J connectivity index is 1.29. The molecular formula is C24H26ClFN4O3. The van der Waals surface area contributed by atoms with Crippen molar-refractivity contribution >= 4 is 34.0 Å². The van der Waals surface area contributed by atoms with Crippen molar-refractivity contribution in [1.82, 2.24) is 14.9 Å². The molecule has 1 aromatic heterocycles. The molecule has 174 valence electrons. The van der Waals surface area contributed by atoms with Gasteiger partial charge in [-0.3, -0.25) is 0 Å². The molecule has 9 heteroatoms. The Hall–Kier alpha value is -2.68. The van der Waals surface area contributed by atoms with Crippen LogP contribution < -0.4 is 14.8 Å². The van der Waals surface area contributed by atoms with Crippen LogP contribution in [-0.2, 0) is 4.74 Å². The number of hydrogen-bond donors (Lipinski definition) is 1. The van der Waals surface area contributed by atoms with Gasteiger partial charge in [0.1, 0.15) is 18.0 Å². The van der Waals surface area contributed by atoms with E-state index in [2.05, 4.69) is 20.2 Å². The van der Waals surface area contributed by atoms with E-state index in [1.54, 1.807) is 13.2 Å². The van der Waals surface area contributed by atoms with Gasteiger partial charge in [-0.2, -0.15) is 0 Å². The van der Waals surface area contributed by atoms with Crippen LogP contribution in [0.4, 0.5) is 15.9 Å². The second-order valence-corrected chi connectivity index (χ2v) is 9.15. The van der Waals surface area contributed by atoms with E-state index < -0.39 is 5.82 Å². The Morgan fingerprint density at radius 3 is 2.85 bits per heavy atom. The summed E-state index contributed by atoms with van der Waals surface area (Å²) in [5.74, 6) is 1.22. The number of halogens is 2. The maximum atomic E-state index is 14.2. The molecule has 5 rings (SSSR count). The second-order valence-electron chi connectivity index (χ2n) is 8.71. The maximum Gasteiger partial charge on any atom is 0.162 e. The van der Waals surface area contributed by atoms with E-state index in [4.69, 9.17) is 25.8 Å². The van der Waals surface area contributed by atoms with Gasteiger partial charge >= 0.3 is 0 Å². The third kappa shape index (κ3) is 4.69.